The number of hydrogen-bond donors (Lipinski definition) is 2. The quantitative estimate of drug-likeness (QED) is 0.541. The van der Waals surface area contributed by atoms with Crippen molar-refractivity contribution in [1.29, 1.82) is 0 Å². The summed E-state index contributed by atoms with van der Waals surface area (Å²) >= 11 is 1.64. The van der Waals surface area contributed by atoms with E-state index in [1.165, 1.54) is 7.11 Å². The molecule has 0 radical (unpaired) electrons. The van der Waals surface area contributed by atoms with Gasteiger partial charge in [-0.25, -0.2) is 4.79 Å². The lowest BCUT2D eigenvalue weighted by atomic mass is 9.91. The number of aliphatic hydroxyl groups is 1. The van der Waals surface area contributed by atoms with E-state index in [1.807, 2.05) is 44.2 Å². The average molecular weight is 311 g/mol. The molecule has 0 aromatic heterocycles. The molecular formula is C16H25NO3S. The highest BCUT2D eigenvalue weighted by molar-refractivity contribution is 7.99. The number of hydrogen-bond acceptors (Lipinski definition) is 5. The molecule has 1 unspecified atom stereocenters. The van der Waals surface area contributed by atoms with Gasteiger partial charge in [-0.3, -0.25) is 5.32 Å². The van der Waals surface area contributed by atoms with Gasteiger partial charge in [0.15, 0.2) is 5.54 Å². The van der Waals surface area contributed by atoms with E-state index in [0.29, 0.717) is 5.75 Å². The fourth-order valence-corrected chi connectivity index (χ4v) is 3.38. The number of esters is 1. The van der Waals surface area contributed by atoms with Gasteiger partial charge in [-0.1, -0.05) is 30.3 Å². The first kappa shape index (κ1) is 18.0. The summed E-state index contributed by atoms with van der Waals surface area (Å²) in [6.45, 7) is 4.19. The zero-order valence-corrected chi connectivity index (χ0v) is 13.8. The summed E-state index contributed by atoms with van der Waals surface area (Å²) < 4.78 is 5.06. The van der Waals surface area contributed by atoms with Crippen molar-refractivity contribution in [2.75, 3.05) is 25.2 Å². The van der Waals surface area contributed by atoms with Crippen LogP contribution in [0.15, 0.2) is 30.3 Å². The maximum absolute atomic E-state index is 12.5. The fraction of sp³-hybridized carbons (Fsp3) is 0.562. The van der Waals surface area contributed by atoms with Crippen molar-refractivity contribution in [2.45, 2.75) is 31.8 Å². The highest BCUT2D eigenvalue weighted by Gasteiger charge is 2.41. The number of carbonyl (C=O) groups excluding carboxylic acids is 1. The standard InChI is InChI=1S/C16H25NO3S/c1-13(2)17-16(15(19)20-3,12-21-11-7-10-18)14-8-5-4-6-9-14/h4-6,8-9,13,17-18H,7,10-12H2,1-3H3. The second-order valence-electron chi connectivity index (χ2n) is 5.19. The Morgan fingerprint density at radius 3 is 2.57 bits per heavy atom. The Hall–Kier alpha value is -1.04. The van der Waals surface area contributed by atoms with Crippen LogP contribution in [-0.4, -0.2) is 42.3 Å². The molecule has 0 aliphatic carbocycles. The van der Waals surface area contributed by atoms with E-state index in [4.69, 9.17) is 9.84 Å². The molecular weight excluding hydrogens is 286 g/mol. The number of methoxy groups -OCH3 is 1. The van der Waals surface area contributed by atoms with Gasteiger partial charge >= 0.3 is 5.97 Å². The molecule has 1 atom stereocenters. The van der Waals surface area contributed by atoms with Crippen molar-refractivity contribution in [2.24, 2.45) is 0 Å². The Morgan fingerprint density at radius 1 is 1.38 bits per heavy atom. The molecule has 0 aliphatic heterocycles. The molecule has 2 N–H and O–H groups in total. The van der Waals surface area contributed by atoms with E-state index in [9.17, 15) is 4.79 Å². The molecule has 4 nitrogen and oxygen atoms in total. The average Bonchev–Trinajstić information content (AvgIpc) is 2.50. The van der Waals surface area contributed by atoms with Gasteiger partial charge in [-0.05, 0) is 31.6 Å². The summed E-state index contributed by atoms with van der Waals surface area (Å²) in [4.78, 5) is 12.5. The predicted molar refractivity (Wildman–Crippen MR) is 87.4 cm³/mol. The van der Waals surface area contributed by atoms with Crippen LogP contribution in [0, 0.1) is 0 Å². The molecule has 0 heterocycles. The first-order valence-electron chi connectivity index (χ1n) is 7.17. The zero-order valence-electron chi connectivity index (χ0n) is 13.0. The molecule has 118 valence electrons. The van der Waals surface area contributed by atoms with Crippen molar-refractivity contribution in [3.63, 3.8) is 0 Å². The second-order valence-corrected chi connectivity index (χ2v) is 6.30. The van der Waals surface area contributed by atoms with Gasteiger partial charge in [-0.15, -0.1) is 0 Å². The number of ether oxygens (including phenoxy) is 1. The van der Waals surface area contributed by atoms with Gasteiger partial charge in [0, 0.05) is 18.4 Å². The topological polar surface area (TPSA) is 58.6 Å². The lowest BCUT2D eigenvalue weighted by Crippen LogP contribution is -2.54. The largest absolute Gasteiger partial charge is 0.467 e. The minimum atomic E-state index is -0.857. The Labute approximate surface area is 131 Å². The van der Waals surface area contributed by atoms with Crippen molar-refractivity contribution in [3.05, 3.63) is 35.9 Å². The minimum absolute atomic E-state index is 0.141. The molecule has 1 aromatic carbocycles. The number of aliphatic hydroxyl groups excluding tert-OH is 1. The summed E-state index contributed by atoms with van der Waals surface area (Å²) in [5.74, 6) is 1.10. The predicted octanol–water partition coefficient (Wildman–Crippen LogP) is 2.17. The number of thioether (sulfide) groups is 1. The maximum atomic E-state index is 12.5. The van der Waals surface area contributed by atoms with Gasteiger partial charge in [0.05, 0.1) is 7.11 Å². The van der Waals surface area contributed by atoms with Gasteiger partial charge < -0.3 is 9.84 Å². The summed E-state index contributed by atoms with van der Waals surface area (Å²) in [5.41, 5.74) is 0.0478. The molecule has 0 spiro atoms. The Kier molecular flexibility index (Phi) is 7.78. The summed E-state index contributed by atoms with van der Waals surface area (Å²) in [5, 5.41) is 12.3. The molecule has 0 amide bonds. The number of benzene rings is 1. The molecule has 0 saturated carbocycles. The lowest BCUT2D eigenvalue weighted by molar-refractivity contribution is -0.148. The van der Waals surface area contributed by atoms with Gasteiger partial charge in [0.1, 0.15) is 0 Å². The summed E-state index contributed by atoms with van der Waals surface area (Å²) in [6.07, 6.45) is 0.721. The van der Waals surface area contributed by atoms with Crippen molar-refractivity contribution in [1.82, 2.24) is 5.32 Å². The third-order valence-corrected chi connectivity index (χ3v) is 4.32. The van der Waals surface area contributed by atoms with Crippen LogP contribution in [0.2, 0.25) is 0 Å². The van der Waals surface area contributed by atoms with E-state index in [0.717, 1.165) is 17.7 Å². The number of carbonyl (C=O) groups is 1. The fourth-order valence-electron chi connectivity index (χ4n) is 2.23. The van der Waals surface area contributed by atoms with Crippen molar-refractivity contribution < 1.29 is 14.6 Å². The van der Waals surface area contributed by atoms with Crippen LogP contribution in [-0.2, 0) is 15.1 Å². The molecule has 1 aromatic rings. The van der Waals surface area contributed by atoms with E-state index < -0.39 is 5.54 Å². The maximum Gasteiger partial charge on any atom is 0.331 e. The van der Waals surface area contributed by atoms with Crippen molar-refractivity contribution in [3.8, 4) is 0 Å². The lowest BCUT2D eigenvalue weighted by Gasteiger charge is -2.34. The number of rotatable bonds is 9. The minimum Gasteiger partial charge on any atom is -0.467 e. The van der Waals surface area contributed by atoms with Crippen LogP contribution < -0.4 is 5.32 Å². The van der Waals surface area contributed by atoms with Gasteiger partial charge in [-0.2, -0.15) is 11.8 Å². The Bertz CT molecular complexity index is 425. The molecule has 1 rings (SSSR count). The molecule has 0 aliphatic rings. The highest BCUT2D eigenvalue weighted by atomic mass is 32.2. The Balaban J connectivity index is 3.06. The molecule has 5 heteroatoms. The van der Waals surface area contributed by atoms with Crippen LogP contribution in [0.25, 0.3) is 0 Å². The van der Waals surface area contributed by atoms with E-state index in [-0.39, 0.29) is 18.6 Å². The third kappa shape index (κ3) is 5.02. The molecule has 0 fully saturated rings. The van der Waals surface area contributed by atoms with Crippen LogP contribution >= 0.6 is 11.8 Å². The van der Waals surface area contributed by atoms with E-state index in [2.05, 4.69) is 5.32 Å². The van der Waals surface area contributed by atoms with Crippen LogP contribution in [0.1, 0.15) is 25.8 Å². The van der Waals surface area contributed by atoms with Crippen molar-refractivity contribution >= 4 is 17.7 Å². The summed E-state index contributed by atoms with van der Waals surface area (Å²) in [6, 6.07) is 9.81. The van der Waals surface area contributed by atoms with Gasteiger partial charge in [0.2, 0.25) is 0 Å². The molecule has 0 saturated heterocycles. The monoisotopic (exact) mass is 311 g/mol. The normalized spacial score (nSPS) is 14.0. The highest BCUT2D eigenvalue weighted by Crippen LogP contribution is 2.28. The Morgan fingerprint density at radius 2 is 2.05 bits per heavy atom. The first-order valence-corrected chi connectivity index (χ1v) is 8.32. The summed E-state index contributed by atoms with van der Waals surface area (Å²) in [7, 11) is 1.42. The second kappa shape index (κ2) is 9.07. The van der Waals surface area contributed by atoms with Gasteiger partial charge in [0.25, 0.3) is 0 Å². The zero-order chi connectivity index (χ0) is 15.7. The smallest absolute Gasteiger partial charge is 0.331 e. The number of nitrogens with one attached hydrogen (secondary N) is 1. The molecule has 21 heavy (non-hydrogen) atoms. The SMILES string of the molecule is COC(=O)C(CSCCCO)(NC(C)C)c1ccccc1. The molecule has 0 bridgehead atoms. The van der Waals surface area contributed by atoms with Crippen LogP contribution in [0.3, 0.4) is 0 Å². The first-order chi connectivity index (χ1) is 10.1. The van der Waals surface area contributed by atoms with E-state index in [1.54, 1.807) is 11.8 Å². The third-order valence-electron chi connectivity index (χ3n) is 3.10. The van der Waals surface area contributed by atoms with Crippen LogP contribution in [0.4, 0.5) is 0 Å². The van der Waals surface area contributed by atoms with E-state index >= 15 is 0 Å². The van der Waals surface area contributed by atoms with Crippen LogP contribution in [0.5, 0.6) is 0 Å².